The first-order valence-electron chi connectivity index (χ1n) is 6.96. The lowest BCUT2D eigenvalue weighted by molar-refractivity contribution is -0.139. The maximum Gasteiger partial charge on any atom is 0.318 e. The van der Waals surface area contributed by atoms with Crippen molar-refractivity contribution in [1.29, 1.82) is 0 Å². The molecule has 0 spiro atoms. The highest BCUT2D eigenvalue weighted by Crippen LogP contribution is 2.40. The number of carbonyl (C=O) groups excluding carboxylic acids is 1. The fourth-order valence-corrected chi connectivity index (χ4v) is 2.88. The lowest BCUT2D eigenvalue weighted by Crippen LogP contribution is -2.14. The molecular formula is C15H17N3O2S. The summed E-state index contributed by atoms with van der Waals surface area (Å²) < 4.78 is 6.64. The number of methoxy groups -OCH3 is 1. The van der Waals surface area contributed by atoms with Crippen LogP contribution in [0.4, 0.5) is 0 Å². The summed E-state index contributed by atoms with van der Waals surface area (Å²) in [5.41, 5.74) is 1.00. The van der Waals surface area contributed by atoms with Gasteiger partial charge < -0.3 is 4.74 Å². The molecule has 3 rings (SSSR count). The second kappa shape index (κ2) is 5.89. The SMILES string of the molecule is COC(=O)C(C)Sc1nc(C2CC2)n(-c2ccccc2)n1. The molecular weight excluding hydrogens is 286 g/mol. The summed E-state index contributed by atoms with van der Waals surface area (Å²) >= 11 is 1.33. The fourth-order valence-electron chi connectivity index (χ4n) is 2.09. The van der Waals surface area contributed by atoms with Crippen LogP contribution in [-0.4, -0.2) is 33.1 Å². The van der Waals surface area contributed by atoms with Crippen LogP contribution in [0.1, 0.15) is 31.5 Å². The molecule has 1 aliphatic rings. The molecule has 21 heavy (non-hydrogen) atoms. The van der Waals surface area contributed by atoms with Crippen LogP contribution in [0, 0.1) is 0 Å². The van der Waals surface area contributed by atoms with Crippen molar-refractivity contribution in [2.45, 2.75) is 36.1 Å². The third-order valence-corrected chi connectivity index (χ3v) is 4.30. The van der Waals surface area contributed by atoms with Gasteiger partial charge in [-0.2, -0.15) is 0 Å². The molecule has 0 amide bonds. The van der Waals surface area contributed by atoms with Gasteiger partial charge >= 0.3 is 5.97 Å². The number of thioether (sulfide) groups is 1. The van der Waals surface area contributed by atoms with Gasteiger partial charge in [-0.25, -0.2) is 9.67 Å². The summed E-state index contributed by atoms with van der Waals surface area (Å²) in [5.74, 6) is 1.21. The molecule has 1 aromatic heterocycles. The Morgan fingerprint density at radius 1 is 1.38 bits per heavy atom. The summed E-state index contributed by atoms with van der Waals surface area (Å²) in [7, 11) is 1.39. The van der Waals surface area contributed by atoms with E-state index < -0.39 is 0 Å². The Labute approximate surface area is 127 Å². The molecule has 5 nitrogen and oxygen atoms in total. The summed E-state index contributed by atoms with van der Waals surface area (Å²) in [5, 5.41) is 4.87. The number of para-hydroxylation sites is 1. The first-order valence-corrected chi connectivity index (χ1v) is 7.84. The number of hydrogen-bond donors (Lipinski definition) is 0. The smallest absolute Gasteiger partial charge is 0.318 e. The zero-order chi connectivity index (χ0) is 14.8. The average Bonchev–Trinajstić information content (AvgIpc) is 3.28. The fraction of sp³-hybridized carbons (Fsp3) is 0.400. The van der Waals surface area contributed by atoms with Crippen molar-refractivity contribution in [2.24, 2.45) is 0 Å². The summed E-state index contributed by atoms with van der Waals surface area (Å²) in [6, 6.07) is 9.97. The Hall–Kier alpha value is -1.82. The van der Waals surface area contributed by atoms with Gasteiger partial charge in [-0.15, -0.1) is 5.10 Å². The molecule has 0 N–H and O–H groups in total. The first-order chi connectivity index (χ1) is 10.2. The third kappa shape index (κ3) is 3.10. The number of ether oxygens (including phenoxy) is 1. The van der Waals surface area contributed by atoms with Crippen molar-refractivity contribution in [3.8, 4) is 5.69 Å². The van der Waals surface area contributed by atoms with Crippen LogP contribution in [0.2, 0.25) is 0 Å². The molecule has 1 unspecified atom stereocenters. The number of carbonyl (C=O) groups is 1. The number of nitrogens with zero attached hydrogens (tertiary/aromatic N) is 3. The summed E-state index contributed by atoms with van der Waals surface area (Å²) in [6.07, 6.45) is 2.31. The Morgan fingerprint density at radius 3 is 2.71 bits per heavy atom. The largest absolute Gasteiger partial charge is 0.468 e. The van der Waals surface area contributed by atoms with Crippen LogP contribution in [0.3, 0.4) is 0 Å². The molecule has 0 saturated heterocycles. The van der Waals surface area contributed by atoms with E-state index in [-0.39, 0.29) is 11.2 Å². The van der Waals surface area contributed by atoms with E-state index in [4.69, 9.17) is 4.74 Å². The van der Waals surface area contributed by atoms with E-state index in [0.29, 0.717) is 11.1 Å². The van der Waals surface area contributed by atoms with E-state index >= 15 is 0 Å². The maximum absolute atomic E-state index is 11.5. The Balaban J connectivity index is 1.88. The second-order valence-corrected chi connectivity index (χ2v) is 6.37. The maximum atomic E-state index is 11.5. The van der Waals surface area contributed by atoms with Gasteiger partial charge in [-0.3, -0.25) is 4.79 Å². The normalized spacial score (nSPS) is 15.7. The minimum absolute atomic E-state index is 0.260. The number of hydrogen-bond acceptors (Lipinski definition) is 5. The molecule has 1 fully saturated rings. The number of esters is 1. The van der Waals surface area contributed by atoms with Gasteiger partial charge in [0.25, 0.3) is 0 Å². The van der Waals surface area contributed by atoms with Crippen molar-refractivity contribution in [2.75, 3.05) is 7.11 Å². The van der Waals surface area contributed by atoms with Gasteiger partial charge in [-0.05, 0) is 31.9 Å². The van der Waals surface area contributed by atoms with E-state index in [0.717, 1.165) is 24.4 Å². The van der Waals surface area contributed by atoms with Crippen molar-refractivity contribution in [1.82, 2.24) is 14.8 Å². The molecule has 110 valence electrons. The van der Waals surface area contributed by atoms with E-state index in [1.165, 1.54) is 18.9 Å². The van der Waals surface area contributed by atoms with Gasteiger partial charge in [0.1, 0.15) is 11.1 Å². The van der Waals surface area contributed by atoms with Crippen molar-refractivity contribution < 1.29 is 9.53 Å². The van der Waals surface area contributed by atoms with Crippen LogP contribution in [0.5, 0.6) is 0 Å². The zero-order valence-electron chi connectivity index (χ0n) is 12.0. The summed E-state index contributed by atoms with van der Waals surface area (Å²) in [4.78, 5) is 16.1. The molecule has 1 saturated carbocycles. The summed E-state index contributed by atoms with van der Waals surface area (Å²) in [6.45, 7) is 1.80. The molecule has 0 bridgehead atoms. The minimum Gasteiger partial charge on any atom is -0.468 e. The third-order valence-electron chi connectivity index (χ3n) is 3.37. The van der Waals surface area contributed by atoms with Gasteiger partial charge in [0, 0.05) is 5.92 Å². The van der Waals surface area contributed by atoms with Gasteiger partial charge in [0.2, 0.25) is 5.16 Å². The lowest BCUT2D eigenvalue weighted by Gasteiger charge is -2.05. The molecule has 2 aromatic rings. The van der Waals surface area contributed by atoms with E-state index in [1.807, 2.05) is 35.0 Å². The minimum atomic E-state index is -0.311. The predicted octanol–water partition coefficient (Wildman–Crippen LogP) is 2.80. The van der Waals surface area contributed by atoms with Gasteiger partial charge in [-0.1, -0.05) is 30.0 Å². The van der Waals surface area contributed by atoms with Crippen LogP contribution in [0.15, 0.2) is 35.5 Å². The Bertz CT molecular complexity index is 638. The monoisotopic (exact) mass is 303 g/mol. The second-order valence-electron chi connectivity index (χ2n) is 5.06. The van der Waals surface area contributed by atoms with Crippen molar-refractivity contribution in [3.05, 3.63) is 36.2 Å². The molecule has 0 aliphatic heterocycles. The van der Waals surface area contributed by atoms with Crippen molar-refractivity contribution >= 4 is 17.7 Å². The van der Waals surface area contributed by atoms with Crippen molar-refractivity contribution in [3.63, 3.8) is 0 Å². The first kappa shape index (κ1) is 14.1. The Kier molecular flexibility index (Phi) is 3.96. The number of benzene rings is 1. The molecule has 1 aliphatic carbocycles. The molecule has 1 heterocycles. The van der Waals surface area contributed by atoms with E-state index in [2.05, 4.69) is 10.1 Å². The number of rotatable bonds is 5. The molecule has 1 aromatic carbocycles. The highest BCUT2D eigenvalue weighted by molar-refractivity contribution is 8.00. The quantitative estimate of drug-likeness (QED) is 0.628. The van der Waals surface area contributed by atoms with Crippen LogP contribution >= 0.6 is 11.8 Å². The topological polar surface area (TPSA) is 57.0 Å². The standard InChI is InChI=1S/C15H17N3O2S/c1-10(14(19)20-2)21-15-16-13(11-8-9-11)18(17-15)12-6-4-3-5-7-12/h3-7,10-11H,8-9H2,1-2H3. The van der Waals surface area contributed by atoms with Crippen LogP contribution in [-0.2, 0) is 9.53 Å². The zero-order valence-corrected chi connectivity index (χ0v) is 12.8. The van der Waals surface area contributed by atoms with Crippen LogP contribution < -0.4 is 0 Å². The van der Waals surface area contributed by atoms with Gasteiger partial charge in [0.15, 0.2) is 0 Å². The Morgan fingerprint density at radius 2 is 2.10 bits per heavy atom. The highest BCUT2D eigenvalue weighted by atomic mass is 32.2. The number of aromatic nitrogens is 3. The predicted molar refractivity (Wildman–Crippen MR) is 80.7 cm³/mol. The molecule has 1 atom stereocenters. The van der Waals surface area contributed by atoms with Crippen LogP contribution in [0.25, 0.3) is 5.69 Å². The highest BCUT2D eigenvalue weighted by Gasteiger charge is 2.31. The molecule has 6 heteroatoms. The lowest BCUT2D eigenvalue weighted by atomic mass is 10.3. The van der Waals surface area contributed by atoms with Gasteiger partial charge in [0.05, 0.1) is 12.8 Å². The van der Waals surface area contributed by atoms with E-state index in [1.54, 1.807) is 6.92 Å². The van der Waals surface area contributed by atoms with E-state index in [9.17, 15) is 4.79 Å². The molecule has 0 radical (unpaired) electrons. The average molecular weight is 303 g/mol.